The van der Waals surface area contributed by atoms with Crippen molar-refractivity contribution in [2.75, 3.05) is 19.6 Å². The van der Waals surface area contributed by atoms with E-state index in [1.807, 2.05) is 12.3 Å². The number of aromatic nitrogens is 3. The molecule has 0 amide bonds. The lowest BCUT2D eigenvalue weighted by Gasteiger charge is -2.35. The van der Waals surface area contributed by atoms with Crippen LogP contribution in [0.2, 0.25) is 0 Å². The number of fused-ring (bicyclic) bond motifs is 1. The van der Waals surface area contributed by atoms with Crippen molar-refractivity contribution in [1.82, 2.24) is 24.8 Å². The number of nitrogens with one attached hydrogen (secondary N) is 1. The molecule has 0 spiro atoms. The Hall–Kier alpha value is -1.46. The second-order valence-corrected chi connectivity index (χ2v) is 6.85. The Morgan fingerprint density at radius 3 is 3.04 bits per heavy atom. The maximum Gasteiger partial charge on any atom is 0.160 e. The number of pyridine rings is 1. The van der Waals surface area contributed by atoms with Gasteiger partial charge >= 0.3 is 0 Å². The van der Waals surface area contributed by atoms with Crippen molar-refractivity contribution in [1.29, 1.82) is 0 Å². The summed E-state index contributed by atoms with van der Waals surface area (Å²) < 4.78 is 2.40. The van der Waals surface area contributed by atoms with Gasteiger partial charge in [0.05, 0.1) is 6.04 Å². The van der Waals surface area contributed by atoms with Gasteiger partial charge in [0.2, 0.25) is 0 Å². The fourth-order valence-corrected chi connectivity index (χ4v) is 4.22. The van der Waals surface area contributed by atoms with Gasteiger partial charge in [0.25, 0.3) is 0 Å². The standard InChI is InChI=1S/C18H27N5/c1-2-22-12-4-3-7-14(22)13-23-17-16(9-6-11-20-17)21-18(23)15-8-5-10-19-15/h6,9,11,14-15,19H,2-5,7-8,10,12-13H2,1H3. The molecule has 2 aliphatic rings. The van der Waals surface area contributed by atoms with Crippen molar-refractivity contribution in [3.63, 3.8) is 0 Å². The van der Waals surface area contributed by atoms with Crippen LogP contribution in [0, 0.1) is 0 Å². The fourth-order valence-electron chi connectivity index (χ4n) is 4.22. The molecule has 0 bridgehead atoms. The Bertz CT molecular complexity index is 658. The van der Waals surface area contributed by atoms with Crippen LogP contribution >= 0.6 is 0 Å². The summed E-state index contributed by atoms with van der Waals surface area (Å²) in [5.74, 6) is 1.19. The minimum absolute atomic E-state index is 0.392. The molecule has 2 unspecified atom stereocenters. The second-order valence-electron chi connectivity index (χ2n) is 6.85. The average molecular weight is 313 g/mol. The largest absolute Gasteiger partial charge is 0.310 e. The highest BCUT2D eigenvalue weighted by molar-refractivity contribution is 5.71. The van der Waals surface area contributed by atoms with Crippen LogP contribution in [0.5, 0.6) is 0 Å². The van der Waals surface area contributed by atoms with E-state index in [0.29, 0.717) is 12.1 Å². The molecule has 0 radical (unpaired) electrons. The Morgan fingerprint density at radius 1 is 1.26 bits per heavy atom. The maximum absolute atomic E-state index is 4.93. The molecule has 0 saturated carbocycles. The molecule has 23 heavy (non-hydrogen) atoms. The zero-order chi connectivity index (χ0) is 15.6. The van der Waals surface area contributed by atoms with Gasteiger partial charge in [0.15, 0.2) is 5.65 Å². The molecule has 2 aliphatic heterocycles. The van der Waals surface area contributed by atoms with Gasteiger partial charge in [-0.25, -0.2) is 9.97 Å². The molecular weight excluding hydrogens is 286 g/mol. The van der Waals surface area contributed by atoms with Crippen LogP contribution in [0.15, 0.2) is 18.3 Å². The maximum atomic E-state index is 4.93. The van der Waals surface area contributed by atoms with Crippen LogP contribution in [-0.2, 0) is 6.54 Å². The molecule has 124 valence electrons. The zero-order valence-corrected chi connectivity index (χ0v) is 14.0. The number of likely N-dealkylation sites (tertiary alicyclic amines) is 1. The van der Waals surface area contributed by atoms with Gasteiger partial charge in [-0.2, -0.15) is 0 Å². The van der Waals surface area contributed by atoms with Gasteiger partial charge in [-0.05, 0) is 57.5 Å². The topological polar surface area (TPSA) is 46.0 Å². The van der Waals surface area contributed by atoms with Gasteiger partial charge in [0, 0.05) is 18.8 Å². The number of rotatable bonds is 4. The molecule has 2 aromatic heterocycles. The minimum atomic E-state index is 0.392. The number of piperidine rings is 1. The van der Waals surface area contributed by atoms with E-state index in [-0.39, 0.29) is 0 Å². The zero-order valence-electron chi connectivity index (χ0n) is 14.0. The highest BCUT2D eigenvalue weighted by atomic mass is 15.2. The van der Waals surface area contributed by atoms with Crippen molar-refractivity contribution in [3.05, 3.63) is 24.2 Å². The molecule has 5 nitrogen and oxygen atoms in total. The summed E-state index contributed by atoms with van der Waals surface area (Å²) in [5, 5.41) is 3.61. The van der Waals surface area contributed by atoms with Gasteiger partial charge in [-0.15, -0.1) is 0 Å². The van der Waals surface area contributed by atoms with Crippen molar-refractivity contribution in [3.8, 4) is 0 Å². The van der Waals surface area contributed by atoms with Gasteiger partial charge < -0.3 is 9.88 Å². The molecule has 2 atom stereocenters. The predicted octanol–water partition coefficient (Wildman–Crippen LogP) is 2.73. The third kappa shape index (κ3) is 2.88. The molecule has 2 saturated heterocycles. The highest BCUT2D eigenvalue weighted by Crippen LogP contribution is 2.27. The molecule has 2 fully saturated rings. The van der Waals surface area contributed by atoms with Crippen LogP contribution in [0.3, 0.4) is 0 Å². The second kappa shape index (κ2) is 6.57. The van der Waals surface area contributed by atoms with E-state index in [1.54, 1.807) is 0 Å². The third-order valence-electron chi connectivity index (χ3n) is 5.45. The van der Waals surface area contributed by atoms with E-state index in [2.05, 4.69) is 32.8 Å². The van der Waals surface area contributed by atoms with E-state index < -0.39 is 0 Å². The smallest absolute Gasteiger partial charge is 0.160 e. The number of nitrogens with zero attached hydrogens (tertiary/aromatic N) is 4. The Morgan fingerprint density at radius 2 is 2.22 bits per heavy atom. The number of likely N-dealkylation sites (N-methyl/N-ethyl adjacent to an activating group) is 1. The van der Waals surface area contributed by atoms with E-state index >= 15 is 0 Å². The lowest BCUT2D eigenvalue weighted by atomic mass is 10.0. The fraction of sp³-hybridized carbons (Fsp3) is 0.667. The normalized spacial score (nSPS) is 26.1. The first-order valence-electron chi connectivity index (χ1n) is 9.15. The van der Waals surface area contributed by atoms with Gasteiger partial charge in [-0.3, -0.25) is 4.90 Å². The third-order valence-corrected chi connectivity index (χ3v) is 5.45. The molecule has 0 aromatic carbocycles. The summed E-state index contributed by atoms with van der Waals surface area (Å²) in [7, 11) is 0. The summed E-state index contributed by atoms with van der Waals surface area (Å²) in [6, 6.07) is 5.09. The molecule has 2 aromatic rings. The monoisotopic (exact) mass is 313 g/mol. The summed E-state index contributed by atoms with van der Waals surface area (Å²) in [5.41, 5.74) is 2.09. The molecule has 1 N–H and O–H groups in total. The molecular formula is C18H27N5. The number of imidazole rings is 1. The van der Waals surface area contributed by atoms with E-state index in [9.17, 15) is 0 Å². The molecule has 4 rings (SSSR count). The molecule has 0 aliphatic carbocycles. The van der Waals surface area contributed by atoms with E-state index in [0.717, 1.165) is 30.8 Å². The first-order chi connectivity index (χ1) is 11.4. The van der Waals surface area contributed by atoms with Crippen molar-refractivity contribution >= 4 is 11.2 Å². The van der Waals surface area contributed by atoms with E-state index in [1.165, 1.54) is 44.5 Å². The Kier molecular flexibility index (Phi) is 4.31. The quantitative estimate of drug-likeness (QED) is 0.943. The van der Waals surface area contributed by atoms with Crippen molar-refractivity contribution < 1.29 is 0 Å². The van der Waals surface area contributed by atoms with Gasteiger partial charge in [-0.1, -0.05) is 13.3 Å². The van der Waals surface area contributed by atoms with Crippen molar-refractivity contribution in [2.24, 2.45) is 0 Å². The summed E-state index contributed by atoms with van der Waals surface area (Å²) in [6.07, 6.45) is 8.29. The predicted molar refractivity (Wildman–Crippen MR) is 92.4 cm³/mol. The number of hydrogen-bond acceptors (Lipinski definition) is 4. The SMILES string of the molecule is CCN1CCCCC1Cn1c(C2CCCN2)nc2cccnc21. The van der Waals surface area contributed by atoms with Crippen LogP contribution in [-0.4, -0.2) is 45.1 Å². The Balaban J connectivity index is 1.70. The summed E-state index contributed by atoms with van der Waals surface area (Å²) >= 11 is 0. The van der Waals surface area contributed by atoms with E-state index in [4.69, 9.17) is 4.98 Å². The van der Waals surface area contributed by atoms with Crippen molar-refractivity contribution in [2.45, 2.75) is 57.7 Å². The number of hydrogen-bond donors (Lipinski definition) is 1. The van der Waals surface area contributed by atoms with Crippen LogP contribution in [0.1, 0.15) is 50.9 Å². The molecule has 5 heteroatoms. The van der Waals surface area contributed by atoms with Crippen LogP contribution in [0.4, 0.5) is 0 Å². The molecule has 4 heterocycles. The summed E-state index contributed by atoms with van der Waals surface area (Å²) in [6.45, 7) is 6.78. The Labute approximate surface area is 138 Å². The lowest BCUT2D eigenvalue weighted by molar-refractivity contribution is 0.140. The van der Waals surface area contributed by atoms with Gasteiger partial charge in [0.1, 0.15) is 11.3 Å². The average Bonchev–Trinajstić information content (AvgIpc) is 3.23. The van der Waals surface area contributed by atoms with Crippen LogP contribution < -0.4 is 5.32 Å². The minimum Gasteiger partial charge on any atom is -0.310 e. The van der Waals surface area contributed by atoms with Crippen LogP contribution in [0.25, 0.3) is 11.2 Å². The lowest BCUT2D eigenvalue weighted by Crippen LogP contribution is -2.42. The first kappa shape index (κ1) is 15.1. The first-order valence-corrected chi connectivity index (χ1v) is 9.15. The summed E-state index contributed by atoms with van der Waals surface area (Å²) in [4.78, 5) is 12.2. The highest BCUT2D eigenvalue weighted by Gasteiger charge is 2.27.